The van der Waals surface area contributed by atoms with Crippen LogP contribution in [0.5, 0.6) is 0 Å². The highest BCUT2D eigenvalue weighted by Gasteiger charge is 2.31. The van der Waals surface area contributed by atoms with Gasteiger partial charge >= 0.3 is 12.1 Å². The number of nitrogens with zero attached hydrogens (tertiary/aromatic N) is 1. The van der Waals surface area contributed by atoms with Gasteiger partial charge in [0.25, 0.3) is 5.91 Å². The molecule has 0 bridgehead atoms. The molecule has 1 aliphatic heterocycles. The maximum atomic E-state index is 13.0. The SMILES string of the molecule is CC(C)(C)OC(=O)N[C@@H]1CCCCN1c1ccc(C(=O)NC[C@H](NS(=O)(=O)c2ccccc2)C(=O)OC(C)(C)C)cc1. The Morgan fingerprint density at radius 3 is 2.12 bits per heavy atom. The molecule has 230 valence electrons. The van der Waals surface area contributed by atoms with Crippen LogP contribution in [0.15, 0.2) is 59.5 Å². The standard InChI is InChI=1S/C30H42N4O7S/c1-29(2,3)40-27(36)24(33-42(38,39)23-12-8-7-9-13-23)20-31-26(35)21-15-17-22(18-16-21)34-19-11-10-14-25(34)32-28(37)41-30(4,5)6/h7-9,12-13,15-18,24-25,33H,10-11,14,19-20H2,1-6H3,(H,31,35)(H,32,37)/t24-,25-/m0/s1. The third kappa shape index (κ3) is 10.0. The highest BCUT2D eigenvalue weighted by molar-refractivity contribution is 7.89. The van der Waals surface area contributed by atoms with Gasteiger partial charge in [0.2, 0.25) is 10.0 Å². The Morgan fingerprint density at radius 2 is 1.52 bits per heavy atom. The number of ether oxygens (including phenoxy) is 2. The molecule has 1 heterocycles. The zero-order valence-corrected chi connectivity index (χ0v) is 25.9. The maximum Gasteiger partial charge on any atom is 0.409 e. The minimum absolute atomic E-state index is 0.0161. The van der Waals surface area contributed by atoms with Crippen LogP contribution in [0.25, 0.3) is 0 Å². The van der Waals surface area contributed by atoms with Gasteiger partial charge < -0.3 is 25.0 Å². The summed E-state index contributed by atoms with van der Waals surface area (Å²) in [5.74, 6) is -1.30. The molecule has 2 amide bonds. The summed E-state index contributed by atoms with van der Waals surface area (Å²) in [5, 5.41) is 5.58. The van der Waals surface area contributed by atoms with Gasteiger partial charge in [0, 0.05) is 24.3 Å². The van der Waals surface area contributed by atoms with Crippen molar-refractivity contribution in [3.8, 4) is 0 Å². The lowest BCUT2D eigenvalue weighted by molar-refractivity contribution is -0.156. The molecule has 42 heavy (non-hydrogen) atoms. The number of hydrogen-bond acceptors (Lipinski definition) is 8. The molecular weight excluding hydrogens is 560 g/mol. The number of sulfonamides is 1. The van der Waals surface area contributed by atoms with Crippen LogP contribution in [0.1, 0.15) is 71.2 Å². The summed E-state index contributed by atoms with van der Waals surface area (Å²) in [6.45, 7) is 10.8. The number of nitrogens with one attached hydrogen (secondary N) is 3. The number of carbonyl (C=O) groups is 3. The molecule has 3 rings (SSSR count). The second kappa shape index (κ2) is 13.6. The number of rotatable bonds is 9. The van der Waals surface area contributed by atoms with Crippen molar-refractivity contribution in [2.24, 2.45) is 0 Å². The van der Waals surface area contributed by atoms with Gasteiger partial charge in [-0.3, -0.25) is 9.59 Å². The molecule has 1 saturated heterocycles. The fourth-order valence-corrected chi connectivity index (χ4v) is 5.54. The zero-order chi connectivity index (χ0) is 31.1. The number of alkyl carbamates (subject to hydrolysis) is 1. The first kappa shape index (κ1) is 32.9. The number of anilines is 1. The zero-order valence-electron chi connectivity index (χ0n) is 25.1. The van der Waals surface area contributed by atoms with Crippen molar-refractivity contribution in [3.05, 3.63) is 60.2 Å². The molecule has 0 radical (unpaired) electrons. The van der Waals surface area contributed by atoms with Crippen molar-refractivity contribution < 1.29 is 32.3 Å². The lowest BCUT2D eigenvalue weighted by Gasteiger charge is -2.38. The van der Waals surface area contributed by atoms with E-state index in [4.69, 9.17) is 9.47 Å². The van der Waals surface area contributed by atoms with Gasteiger partial charge in [0.05, 0.1) is 4.90 Å². The number of esters is 1. The van der Waals surface area contributed by atoms with Crippen molar-refractivity contribution in [1.82, 2.24) is 15.4 Å². The lowest BCUT2D eigenvalue weighted by Crippen LogP contribution is -2.52. The second-order valence-electron chi connectivity index (χ2n) is 12.1. The summed E-state index contributed by atoms with van der Waals surface area (Å²) >= 11 is 0. The van der Waals surface area contributed by atoms with Gasteiger partial charge in [0.1, 0.15) is 23.4 Å². The molecule has 2 aromatic carbocycles. The first-order valence-corrected chi connectivity index (χ1v) is 15.5. The monoisotopic (exact) mass is 602 g/mol. The highest BCUT2D eigenvalue weighted by atomic mass is 32.2. The molecule has 0 saturated carbocycles. The lowest BCUT2D eigenvalue weighted by atomic mass is 10.1. The molecule has 11 nitrogen and oxygen atoms in total. The summed E-state index contributed by atoms with van der Waals surface area (Å²) in [6, 6.07) is 13.1. The van der Waals surface area contributed by atoms with E-state index in [0.717, 1.165) is 31.5 Å². The fraction of sp³-hybridized carbons (Fsp3) is 0.500. The average molecular weight is 603 g/mol. The quantitative estimate of drug-likeness (QED) is 0.366. The smallest absolute Gasteiger partial charge is 0.409 e. The Kier molecular flexibility index (Phi) is 10.6. The van der Waals surface area contributed by atoms with Gasteiger partial charge in [-0.25, -0.2) is 13.2 Å². The molecular formula is C30H42N4O7S. The third-order valence-corrected chi connectivity index (χ3v) is 7.64. The Hall–Kier alpha value is -3.64. The van der Waals surface area contributed by atoms with E-state index >= 15 is 0 Å². The molecule has 0 aliphatic carbocycles. The molecule has 12 heteroatoms. The number of hydrogen-bond donors (Lipinski definition) is 3. The van der Waals surface area contributed by atoms with Crippen LogP contribution in [0, 0.1) is 0 Å². The van der Waals surface area contributed by atoms with Crippen LogP contribution in [-0.4, -0.2) is 62.9 Å². The van der Waals surface area contributed by atoms with Gasteiger partial charge in [0.15, 0.2) is 0 Å². The minimum atomic E-state index is -4.06. The van der Waals surface area contributed by atoms with Gasteiger partial charge in [-0.15, -0.1) is 0 Å². The van der Waals surface area contributed by atoms with E-state index in [2.05, 4.69) is 20.3 Å². The van der Waals surface area contributed by atoms with Gasteiger partial charge in [-0.1, -0.05) is 18.2 Å². The Morgan fingerprint density at radius 1 is 0.905 bits per heavy atom. The Labute approximate surface area is 248 Å². The largest absolute Gasteiger partial charge is 0.459 e. The second-order valence-corrected chi connectivity index (χ2v) is 13.8. The van der Waals surface area contributed by atoms with Crippen molar-refractivity contribution in [3.63, 3.8) is 0 Å². The van der Waals surface area contributed by atoms with Crippen LogP contribution < -0.4 is 20.3 Å². The molecule has 0 spiro atoms. The van der Waals surface area contributed by atoms with E-state index in [1.165, 1.54) is 12.1 Å². The molecule has 2 aromatic rings. The minimum Gasteiger partial charge on any atom is -0.459 e. The van der Waals surface area contributed by atoms with Crippen molar-refractivity contribution in [2.75, 3.05) is 18.0 Å². The number of benzene rings is 2. The van der Waals surface area contributed by atoms with Crippen LogP contribution in [0.3, 0.4) is 0 Å². The molecule has 3 N–H and O–H groups in total. The summed E-state index contributed by atoms with van der Waals surface area (Å²) in [4.78, 5) is 40.3. The third-order valence-electron chi connectivity index (χ3n) is 6.16. The Bertz CT molecular complexity index is 1330. The number of piperidine rings is 1. The molecule has 0 unspecified atom stereocenters. The van der Waals surface area contributed by atoms with Gasteiger partial charge in [-0.2, -0.15) is 4.72 Å². The summed E-state index contributed by atoms with van der Waals surface area (Å²) in [6.07, 6.45) is 1.94. The molecule has 2 atom stereocenters. The van der Waals surface area contributed by atoms with Crippen LogP contribution in [0.2, 0.25) is 0 Å². The van der Waals surface area contributed by atoms with Crippen molar-refractivity contribution >= 4 is 33.7 Å². The predicted molar refractivity (Wildman–Crippen MR) is 160 cm³/mol. The van der Waals surface area contributed by atoms with E-state index in [-0.39, 0.29) is 17.6 Å². The normalized spacial score (nSPS) is 16.7. The van der Waals surface area contributed by atoms with E-state index in [1.807, 2.05) is 20.8 Å². The first-order valence-electron chi connectivity index (χ1n) is 14.0. The Balaban J connectivity index is 1.69. The topological polar surface area (TPSA) is 143 Å². The van der Waals surface area contributed by atoms with Crippen LogP contribution in [0.4, 0.5) is 10.5 Å². The van der Waals surface area contributed by atoms with E-state index in [1.54, 1.807) is 63.2 Å². The maximum absolute atomic E-state index is 13.0. The first-order chi connectivity index (χ1) is 19.5. The molecule has 1 fully saturated rings. The van der Waals surface area contributed by atoms with Gasteiger partial charge in [-0.05, 0) is 97.2 Å². The predicted octanol–water partition coefficient (Wildman–Crippen LogP) is 3.95. The van der Waals surface area contributed by atoms with E-state index < -0.39 is 45.2 Å². The van der Waals surface area contributed by atoms with E-state index in [0.29, 0.717) is 5.56 Å². The van der Waals surface area contributed by atoms with Crippen LogP contribution >= 0.6 is 0 Å². The molecule has 0 aromatic heterocycles. The fourth-order valence-electron chi connectivity index (χ4n) is 4.34. The molecule has 1 aliphatic rings. The van der Waals surface area contributed by atoms with Crippen LogP contribution in [-0.2, 0) is 24.3 Å². The van der Waals surface area contributed by atoms with E-state index in [9.17, 15) is 22.8 Å². The number of carbonyl (C=O) groups excluding carboxylic acids is 3. The summed E-state index contributed by atoms with van der Waals surface area (Å²) in [7, 11) is -4.06. The number of amides is 2. The van der Waals surface area contributed by atoms with Crippen molar-refractivity contribution in [1.29, 1.82) is 0 Å². The highest BCUT2D eigenvalue weighted by Crippen LogP contribution is 2.24. The summed E-state index contributed by atoms with van der Waals surface area (Å²) < 4.78 is 39.0. The summed E-state index contributed by atoms with van der Waals surface area (Å²) in [5.41, 5.74) is -0.323. The van der Waals surface area contributed by atoms with Crippen molar-refractivity contribution in [2.45, 2.75) is 89.1 Å². The average Bonchev–Trinajstić information content (AvgIpc) is 2.89.